The molecule has 1 aromatic heterocycles. The monoisotopic (exact) mass is 277 g/mol. The Morgan fingerprint density at radius 1 is 1.37 bits per heavy atom. The second-order valence-corrected chi connectivity index (χ2v) is 6.24. The molecular weight excluding hydrogens is 258 g/mol. The molecule has 2 aliphatic rings. The van der Waals surface area contributed by atoms with Crippen molar-refractivity contribution >= 4 is 23.5 Å². The summed E-state index contributed by atoms with van der Waals surface area (Å²) < 4.78 is 0. The molecule has 2 aliphatic heterocycles. The molecule has 1 saturated heterocycles. The van der Waals surface area contributed by atoms with Crippen LogP contribution >= 0.6 is 11.3 Å². The minimum Gasteiger partial charge on any atom is -0.339 e. The molecule has 0 radical (unpaired) electrons. The van der Waals surface area contributed by atoms with E-state index in [9.17, 15) is 4.79 Å². The maximum Gasteiger partial charge on any atom is 0.254 e. The van der Waals surface area contributed by atoms with Crippen LogP contribution in [0.25, 0.3) is 0 Å². The predicted molar refractivity (Wildman–Crippen MR) is 77.9 cm³/mol. The van der Waals surface area contributed by atoms with Gasteiger partial charge in [-0.25, -0.2) is 0 Å². The van der Waals surface area contributed by atoms with Crippen molar-refractivity contribution in [3.8, 4) is 0 Å². The van der Waals surface area contributed by atoms with Crippen LogP contribution in [0.5, 0.6) is 0 Å². The van der Waals surface area contributed by atoms with Crippen LogP contribution < -0.4 is 0 Å². The summed E-state index contributed by atoms with van der Waals surface area (Å²) in [6.07, 6.45) is 5.51. The van der Waals surface area contributed by atoms with E-state index < -0.39 is 0 Å². The molecule has 102 valence electrons. The molecule has 1 fully saturated rings. The van der Waals surface area contributed by atoms with Crippen molar-refractivity contribution in [3.05, 3.63) is 21.9 Å². The highest BCUT2D eigenvalue weighted by atomic mass is 32.1. The molecule has 1 unspecified atom stereocenters. The van der Waals surface area contributed by atoms with E-state index in [1.807, 2.05) is 28.6 Å². The number of hydrogen-bond donors (Lipinski definition) is 0. The Kier molecular flexibility index (Phi) is 3.55. The smallest absolute Gasteiger partial charge is 0.254 e. The number of likely N-dealkylation sites (tertiary alicyclic amines) is 1. The van der Waals surface area contributed by atoms with E-state index in [1.54, 1.807) is 11.3 Å². The Morgan fingerprint density at radius 2 is 2.16 bits per heavy atom. The van der Waals surface area contributed by atoms with Crippen LogP contribution in [0.4, 0.5) is 0 Å². The highest BCUT2D eigenvalue weighted by Crippen LogP contribution is 2.27. The van der Waals surface area contributed by atoms with Crippen molar-refractivity contribution < 1.29 is 4.79 Å². The molecule has 0 bridgehead atoms. The van der Waals surface area contributed by atoms with E-state index in [1.165, 1.54) is 11.3 Å². The Morgan fingerprint density at radius 3 is 2.84 bits per heavy atom. The van der Waals surface area contributed by atoms with Gasteiger partial charge in [-0.05, 0) is 25.3 Å². The first-order valence-corrected chi connectivity index (χ1v) is 7.75. The van der Waals surface area contributed by atoms with E-state index >= 15 is 0 Å². The standard InChI is InChI=1S/C14H19N3OS/c1-16-9-12(8-15-16)13-7-11(10-19-13)14(18)17-5-3-2-4-6-17/h7-8,10,12H,2-6,9H2,1H3. The highest BCUT2D eigenvalue weighted by Gasteiger charge is 2.23. The molecule has 0 aromatic carbocycles. The average Bonchev–Trinajstić information content (AvgIpc) is 3.07. The fourth-order valence-corrected chi connectivity index (χ4v) is 3.61. The molecule has 4 nitrogen and oxygen atoms in total. The van der Waals surface area contributed by atoms with Crippen molar-refractivity contribution in [3.63, 3.8) is 0 Å². The first-order valence-electron chi connectivity index (χ1n) is 6.87. The number of carbonyl (C=O) groups excluding carboxylic acids is 1. The fourth-order valence-electron chi connectivity index (χ4n) is 2.68. The lowest BCUT2D eigenvalue weighted by Crippen LogP contribution is -2.35. The lowest BCUT2D eigenvalue weighted by molar-refractivity contribution is 0.0725. The molecule has 1 amide bonds. The van der Waals surface area contributed by atoms with Gasteiger partial charge in [-0.2, -0.15) is 5.10 Å². The number of piperidine rings is 1. The number of amides is 1. The second-order valence-electron chi connectivity index (χ2n) is 5.30. The maximum absolute atomic E-state index is 12.4. The van der Waals surface area contributed by atoms with E-state index in [4.69, 9.17) is 0 Å². The zero-order valence-electron chi connectivity index (χ0n) is 11.2. The third-order valence-electron chi connectivity index (χ3n) is 3.78. The van der Waals surface area contributed by atoms with Gasteiger partial charge < -0.3 is 4.90 Å². The lowest BCUT2D eigenvalue weighted by Gasteiger charge is -2.26. The Bertz CT molecular complexity index is 491. The molecule has 1 atom stereocenters. The maximum atomic E-state index is 12.4. The zero-order chi connectivity index (χ0) is 13.2. The fraction of sp³-hybridized carbons (Fsp3) is 0.571. The number of nitrogens with zero attached hydrogens (tertiary/aromatic N) is 3. The quantitative estimate of drug-likeness (QED) is 0.832. The van der Waals surface area contributed by atoms with E-state index in [2.05, 4.69) is 11.2 Å². The number of likely N-dealkylation sites (N-methyl/N-ethyl adjacent to an activating group) is 1. The minimum absolute atomic E-state index is 0.200. The third kappa shape index (κ3) is 2.66. The summed E-state index contributed by atoms with van der Waals surface area (Å²) in [7, 11) is 1.98. The van der Waals surface area contributed by atoms with Crippen LogP contribution in [0.15, 0.2) is 16.5 Å². The molecule has 5 heteroatoms. The molecule has 3 heterocycles. The number of hydrazone groups is 1. The highest BCUT2D eigenvalue weighted by molar-refractivity contribution is 7.10. The van der Waals surface area contributed by atoms with Crippen molar-refractivity contribution in [1.29, 1.82) is 0 Å². The second kappa shape index (κ2) is 5.33. The molecule has 0 N–H and O–H groups in total. The number of carbonyl (C=O) groups is 1. The summed E-state index contributed by atoms with van der Waals surface area (Å²) in [5.74, 6) is 0.545. The summed E-state index contributed by atoms with van der Waals surface area (Å²) in [4.78, 5) is 15.6. The summed E-state index contributed by atoms with van der Waals surface area (Å²) >= 11 is 1.68. The van der Waals surface area contributed by atoms with Crippen LogP contribution in [0.3, 0.4) is 0 Å². The largest absolute Gasteiger partial charge is 0.339 e. The van der Waals surface area contributed by atoms with Gasteiger partial charge in [-0.1, -0.05) is 0 Å². The van der Waals surface area contributed by atoms with Crippen molar-refractivity contribution in [2.45, 2.75) is 25.2 Å². The normalized spacial score (nSPS) is 23.1. The first kappa shape index (κ1) is 12.7. The Labute approximate surface area is 117 Å². The van der Waals surface area contributed by atoms with Gasteiger partial charge in [0.2, 0.25) is 0 Å². The van der Waals surface area contributed by atoms with Gasteiger partial charge in [0.05, 0.1) is 5.56 Å². The first-order chi connectivity index (χ1) is 9.24. The molecule has 0 spiro atoms. The van der Waals surface area contributed by atoms with Crippen LogP contribution in [-0.4, -0.2) is 48.7 Å². The van der Waals surface area contributed by atoms with Crippen molar-refractivity contribution in [2.75, 3.05) is 26.7 Å². The average molecular weight is 277 g/mol. The van der Waals surface area contributed by atoms with Crippen LogP contribution in [-0.2, 0) is 0 Å². The van der Waals surface area contributed by atoms with Gasteiger partial charge in [0.25, 0.3) is 5.91 Å². The van der Waals surface area contributed by atoms with Gasteiger partial charge >= 0.3 is 0 Å². The van der Waals surface area contributed by atoms with Gasteiger partial charge in [0, 0.05) is 49.1 Å². The molecule has 0 aliphatic carbocycles. The summed E-state index contributed by atoms with van der Waals surface area (Å²) in [5, 5.41) is 8.20. The topological polar surface area (TPSA) is 35.9 Å². The summed E-state index contributed by atoms with van der Waals surface area (Å²) in [6.45, 7) is 2.74. The van der Waals surface area contributed by atoms with Crippen LogP contribution in [0, 0.1) is 0 Å². The molecule has 1 aromatic rings. The van der Waals surface area contributed by atoms with Gasteiger partial charge in [-0.15, -0.1) is 11.3 Å². The minimum atomic E-state index is 0.200. The van der Waals surface area contributed by atoms with Crippen LogP contribution in [0.1, 0.15) is 40.4 Å². The van der Waals surface area contributed by atoms with Gasteiger partial charge in [-0.3, -0.25) is 9.80 Å². The lowest BCUT2D eigenvalue weighted by atomic mass is 10.1. The third-order valence-corrected chi connectivity index (χ3v) is 4.84. The van der Waals surface area contributed by atoms with Gasteiger partial charge in [0.15, 0.2) is 0 Å². The van der Waals surface area contributed by atoms with E-state index in [0.717, 1.165) is 38.0 Å². The van der Waals surface area contributed by atoms with Crippen molar-refractivity contribution in [2.24, 2.45) is 5.10 Å². The van der Waals surface area contributed by atoms with Crippen molar-refractivity contribution in [1.82, 2.24) is 9.91 Å². The SMILES string of the molecule is CN1CC(c2cc(C(=O)N3CCCCC3)cs2)C=N1. The van der Waals surface area contributed by atoms with E-state index in [0.29, 0.717) is 5.92 Å². The summed E-state index contributed by atoms with van der Waals surface area (Å²) in [5.41, 5.74) is 0.852. The number of thiophene rings is 1. The number of rotatable bonds is 2. The van der Waals surface area contributed by atoms with Crippen LogP contribution in [0.2, 0.25) is 0 Å². The molecule has 3 rings (SSSR count). The zero-order valence-corrected chi connectivity index (χ0v) is 12.0. The Balaban J connectivity index is 1.70. The van der Waals surface area contributed by atoms with E-state index in [-0.39, 0.29) is 5.91 Å². The Hall–Kier alpha value is -1.36. The predicted octanol–water partition coefficient (Wildman–Crippen LogP) is 2.39. The van der Waals surface area contributed by atoms with Gasteiger partial charge in [0.1, 0.15) is 0 Å². The molecule has 0 saturated carbocycles. The molecule has 19 heavy (non-hydrogen) atoms. The number of hydrogen-bond acceptors (Lipinski definition) is 4. The molecular formula is C14H19N3OS. The summed E-state index contributed by atoms with van der Waals surface area (Å²) in [6, 6.07) is 2.05.